The van der Waals surface area contributed by atoms with E-state index < -0.39 is 22.3 Å². The summed E-state index contributed by atoms with van der Waals surface area (Å²) >= 11 is 3.10. The highest BCUT2D eigenvalue weighted by Gasteiger charge is 2.22. The minimum Gasteiger partial charge on any atom is -0.468 e. The van der Waals surface area contributed by atoms with E-state index in [4.69, 9.17) is 4.42 Å². The second-order valence-corrected chi connectivity index (χ2v) is 4.08. The van der Waals surface area contributed by atoms with Crippen LogP contribution in [-0.2, 0) is 0 Å². The van der Waals surface area contributed by atoms with Gasteiger partial charge >= 0.3 is 0 Å². The molecule has 1 unspecified atom stereocenters. The van der Waals surface area contributed by atoms with Crippen LogP contribution in [0.1, 0.15) is 16.2 Å². The van der Waals surface area contributed by atoms with Crippen LogP contribution in [0.2, 0.25) is 0 Å². The van der Waals surface area contributed by atoms with Crippen LogP contribution in [0.4, 0.5) is 13.2 Å². The maximum Gasteiger partial charge on any atom is 0.133 e. The van der Waals surface area contributed by atoms with Crippen LogP contribution >= 0.6 is 15.9 Å². The van der Waals surface area contributed by atoms with Crippen molar-refractivity contribution in [3.63, 3.8) is 0 Å². The lowest BCUT2D eigenvalue weighted by atomic mass is 10.1. The molecule has 1 atom stereocenters. The Balaban J connectivity index is 2.48. The van der Waals surface area contributed by atoms with Gasteiger partial charge in [-0.25, -0.2) is 13.2 Å². The van der Waals surface area contributed by atoms with Gasteiger partial charge < -0.3 is 4.42 Å². The first-order chi connectivity index (χ1) is 7.59. The Kier molecular flexibility index (Phi) is 3.05. The van der Waals surface area contributed by atoms with Gasteiger partial charge in [0.25, 0.3) is 0 Å². The number of halogens is 4. The Hall–Kier alpha value is -1.23. The van der Waals surface area contributed by atoms with Crippen molar-refractivity contribution in [2.75, 3.05) is 0 Å². The predicted octanol–water partition coefficient (Wildman–Crippen LogP) is 4.18. The molecule has 2 rings (SSSR count). The summed E-state index contributed by atoms with van der Waals surface area (Å²) in [4.78, 5) is -0.775. The van der Waals surface area contributed by atoms with E-state index >= 15 is 0 Å². The SMILES string of the molecule is Fc1cc(F)c(C(Br)c2ccco2)c(F)c1. The molecule has 0 N–H and O–H groups in total. The van der Waals surface area contributed by atoms with Gasteiger partial charge in [-0.2, -0.15) is 0 Å². The minimum absolute atomic E-state index is 0.267. The third kappa shape index (κ3) is 2.00. The molecule has 84 valence electrons. The van der Waals surface area contributed by atoms with Gasteiger partial charge in [-0.05, 0) is 12.1 Å². The fourth-order valence-corrected chi connectivity index (χ4v) is 2.07. The lowest BCUT2D eigenvalue weighted by Gasteiger charge is -2.09. The van der Waals surface area contributed by atoms with E-state index in [-0.39, 0.29) is 5.56 Å². The Morgan fingerprint density at radius 3 is 2.25 bits per heavy atom. The van der Waals surface area contributed by atoms with E-state index in [1.54, 1.807) is 12.1 Å². The van der Waals surface area contributed by atoms with Crippen molar-refractivity contribution in [2.24, 2.45) is 0 Å². The molecule has 1 aromatic heterocycles. The average molecular weight is 291 g/mol. The molecule has 0 aliphatic heterocycles. The maximum absolute atomic E-state index is 13.4. The summed E-state index contributed by atoms with van der Waals surface area (Å²) in [5.74, 6) is -2.49. The van der Waals surface area contributed by atoms with E-state index in [9.17, 15) is 13.2 Å². The Bertz CT molecular complexity index is 473. The molecule has 0 bridgehead atoms. The summed E-state index contributed by atoms with van der Waals surface area (Å²) in [7, 11) is 0. The number of rotatable bonds is 2. The smallest absolute Gasteiger partial charge is 0.133 e. The molecule has 0 aliphatic carbocycles. The number of furan rings is 1. The maximum atomic E-state index is 13.4. The molecular weight excluding hydrogens is 285 g/mol. The van der Waals surface area contributed by atoms with E-state index in [1.807, 2.05) is 0 Å². The number of alkyl halides is 1. The van der Waals surface area contributed by atoms with Crippen LogP contribution in [0.25, 0.3) is 0 Å². The van der Waals surface area contributed by atoms with Gasteiger partial charge in [-0.15, -0.1) is 0 Å². The zero-order chi connectivity index (χ0) is 11.7. The number of benzene rings is 1. The first kappa shape index (κ1) is 11.3. The molecule has 0 aliphatic rings. The Morgan fingerprint density at radius 1 is 1.12 bits per heavy atom. The van der Waals surface area contributed by atoms with Crippen LogP contribution in [0.3, 0.4) is 0 Å². The summed E-state index contributed by atoms with van der Waals surface area (Å²) < 4.78 is 44.5. The second kappa shape index (κ2) is 4.33. The highest BCUT2D eigenvalue weighted by Crippen LogP contribution is 2.34. The van der Waals surface area contributed by atoms with E-state index in [2.05, 4.69) is 15.9 Å². The Labute approximate surface area is 98.0 Å². The largest absolute Gasteiger partial charge is 0.468 e. The van der Waals surface area contributed by atoms with Crippen molar-refractivity contribution in [1.82, 2.24) is 0 Å². The molecule has 1 aromatic carbocycles. The quantitative estimate of drug-likeness (QED) is 0.756. The first-order valence-electron chi connectivity index (χ1n) is 4.41. The van der Waals surface area contributed by atoms with Crippen molar-refractivity contribution in [2.45, 2.75) is 4.83 Å². The zero-order valence-electron chi connectivity index (χ0n) is 7.88. The van der Waals surface area contributed by atoms with Crippen LogP contribution in [0, 0.1) is 17.5 Å². The topological polar surface area (TPSA) is 13.1 Å². The third-order valence-electron chi connectivity index (χ3n) is 2.09. The molecule has 0 amide bonds. The summed E-state index contributed by atoms with van der Waals surface area (Å²) in [6.45, 7) is 0. The molecule has 2 aromatic rings. The molecule has 1 nitrogen and oxygen atoms in total. The van der Waals surface area contributed by atoms with Gasteiger partial charge in [0, 0.05) is 17.7 Å². The van der Waals surface area contributed by atoms with Crippen LogP contribution < -0.4 is 0 Å². The normalized spacial score (nSPS) is 12.8. The first-order valence-corrected chi connectivity index (χ1v) is 5.33. The van der Waals surface area contributed by atoms with Gasteiger partial charge in [0.05, 0.1) is 6.26 Å². The molecule has 0 saturated carbocycles. The number of hydrogen-bond donors (Lipinski definition) is 0. The molecular formula is C11H6BrF3O. The highest BCUT2D eigenvalue weighted by molar-refractivity contribution is 9.09. The van der Waals surface area contributed by atoms with Crippen LogP contribution in [0.15, 0.2) is 34.9 Å². The molecule has 5 heteroatoms. The monoisotopic (exact) mass is 290 g/mol. The van der Waals surface area contributed by atoms with Crippen LogP contribution in [-0.4, -0.2) is 0 Å². The lowest BCUT2D eigenvalue weighted by Crippen LogP contribution is -2.00. The van der Waals surface area contributed by atoms with Gasteiger partial charge in [0.1, 0.15) is 28.0 Å². The summed E-state index contributed by atoms with van der Waals surface area (Å²) in [6.07, 6.45) is 1.39. The van der Waals surface area contributed by atoms with E-state index in [0.29, 0.717) is 17.9 Å². The van der Waals surface area contributed by atoms with Gasteiger partial charge in [-0.3, -0.25) is 0 Å². The zero-order valence-corrected chi connectivity index (χ0v) is 9.47. The van der Waals surface area contributed by atoms with Crippen molar-refractivity contribution in [3.05, 3.63) is 59.3 Å². The molecule has 0 spiro atoms. The highest BCUT2D eigenvalue weighted by atomic mass is 79.9. The minimum atomic E-state index is -0.948. The van der Waals surface area contributed by atoms with Crippen molar-refractivity contribution in [1.29, 1.82) is 0 Å². The second-order valence-electron chi connectivity index (χ2n) is 3.16. The van der Waals surface area contributed by atoms with E-state index in [0.717, 1.165) is 0 Å². The summed E-state index contributed by atoms with van der Waals surface area (Å²) in [5.41, 5.74) is -0.267. The fraction of sp³-hybridized carbons (Fsp3) is 0.0909. The number of hydrogen-bond acceptors (Lipinski definition) is 1. The molecule has 0 radical (unpaired) electrons. The van der Waals surface area contributed by atoms with Gasteiger partial charge in [0.15, 0.2) is 0 Å². The third-order valence-corrected chi connectivity index (χ3v) is 3.00. The van der Waals surface area contributed by atoms with E-state index in [1.165, 1.54) is 6.26 Å². The molecule has 1 heterocycles. The van der Waals surface area contributed by atoms with Gasteiger partial charge in [-0.1, -0.05) is 15.9 Å². The lowest BCUT2D eigenvalue weighted by molar-refractivity contribution is 0.493. The molecule has 0 fully saturated rings. The molecule has 0 saturated heterocycles. The predicted molar refractivity (Wildman–Crippen MR) is 55.8 cm³/mol. The fourth-order valence-electron chi connectivity index (χ4n) is 1.37. The average Bonchev–Trinajstić information content (AvgIpc) is 2.67. The standard InChI is InChI=1S/C11H6BrF3O/c12-11(9-2-1-3-16-9)10-7(14)4-6(13)5-8(10)15/h1-5,11H. The van der Waals surface area contributed by atoms with Crippen LogP contribution in [0.5, 0.6) is 0 Å². The molecule has 16 heavy (non-hydrogen) atoms. The Morgan fingerprint density at radius 2 is 1.75 bits per heavy atom. The summed E-state index contributed by atoms with van der Waals surface area (Å²) in [5, 5.41) is 0. The van der Waals surface area contributed by atoms with Crippen molar-refractivity contribution < 1.29 is 17.6 Å². The van der Waals surface area contributed by atoms with Gasteiger partial charge in [0.2, 0.25) is 0 Å². The van der Waals surface area contributed by atoms with Crippen molar-refractivity contribution in [3.8, 4) is 0 Å². The summed E-state index contributed by atoms with van der Waals surface area (Å²) in [6, 6.07) is 4.44. The van der Waals surface area contributed by atoms with Crippen molar-refractivity contribution >= 4 is 15.9 Å².